The van der Waals surface area contributed by atoms with Crippen LogP contribution in [0, 0.1) is 13.8 Å². The second-order valence-corrected chi connectivity index (χ2v) is 7.85. The maximum Gasteiger partial charge on any atom is 0.253 e. The Balaban J connectivity index is 1.50. The first kappa shape index (κ1) is 18.5. The first-order chi connectivity index (χ1) is 13.5. The summed E-state index contributed by atoms with van der Waals surface area (Å²) in [7, 11) is 1.94. The third-order valence-electron chi connectivity index (χ3n) is 5.90. The molecule has 0 N–H and O–H groups in total. The molecule has 2 heterocycles. The average Bonchev–Trinajstić information content (AvgIpc) is 3.06. The fraction of sp³-hybridized carbons (Fsp3) is 0.333. The molecule has 1 unspecified atom stereocenters. The van der Waals surface area contributed by atoms with Gasteiger partial charge < -0.3 is 4.90 Å². The van der Waals surface area contributed by atoms with Crippen molar-refractivity contribution in [3.63, 3.8) is 0 Å². The van der Waals surface area contributed by atoms with Crippen LogP contribution < -0.4 is 0 Å². The van der Waals surface area contributed by atoms with Crippen LogP contribution in [-0.2, 0) is 7.05 Å². The number of piperidine rings is 1. The topological polar surface area (TPSA) is 38.1 Å². The third-order valence-corrected chi connectivity index (χ3v) is 5.90. The van der Waals surface area contributed by atoms with Gasteiger partial charge in [0.25, 0.3) is 5.91 Å². The Hall–Kier alpha value is -2.88. The number of rotatable bonds is 3. The number of aromatic nitrogens is 2. The van der Waals surface area contributed by atoms with Gasteiger partial charge in [-0.2, -0.15) is 5.10 Å². The van der Waals surface area contributed by atoms with Crippen LogP contribution in [0.4, 0.5) is 0 Å². The van der Waals surface area contributed by atoms with Gasteiger partial charge in [-0.05, 0) is 49.9 Å². The molecule has 0 saturated carbocycles. The molecule has 3 aromatic rings. The van der Waals surface area contributed by atoms with E-state index in [1.165, 1.54) is 11.1 Å². The maximum absolute atomic E-state index is 13.1. The molecule has 0 spiro atoms. The molecule has 28 heavy (non-hydrogen) atoms. The molecule has 4 rings (SSSR count). The SMILES string of the molecule is Cc1cccc(C2CCCN(C(=O)c3ccc(-c4cnn(C)c4C)cc3)C2)c1. The molecule has 1 aliphatic heterocycles. The minimum Gasteiger partial charge on any atom is -0.338 e. The molecule has 0 bridgehead atoms. The minimum atomic E-state index is 0.131. The van der Waals surface area contributed by atoms with Gasteiger partial charge in [0.15, 0.2) is 0 Å². The summed E-state index contributed by atoms with van der Waals surface area (Å²) in [6.07, 6.45) is 4.08. The largest absolute Gasteiger partial charge is 0.338 e. The van der Waals surface area contributed by atoms with Gasteiger partial charge in [0.05, 0.1) is 6.20 Å². The lowest BCUT2D eigenvalue weighted by Crippen LogP contribution is -2.39. The van der Waals surface area contributed by atoms with Gasteiger partial charge in [0.2, 0.25) is 0 Å². The van der Waals surface area contributed by atoms with Crippen molar-refractivity contribution in [1.29, 1.82) is 0 Å². The van der Waals surface area contributed by atoms with E-state index >= 15 is 0 Å². The number of carbonyl (C=O) groups is 1. The highest BCUT2D eigenvalue weighted by Crippen LogP contribution is 2.29. The number of nitrogens with zero attached hydrogens (tertiary/aromatic N) is 3. The number of carbonyl (C=O) groups excluding carboxylic acids is 1. The van der Waals surface area contributed by atoms with E-state index < -0.39 is 0 Å². The predicted octanol–water partition coefficient (Wildman–Crippen LogP) is 4.72. The maximum atomic E-state index is 13.1. The van der Waals surface area contributed by atoms with Crippen molar-refractivity contribution in [2.75, 3.05) is 13.1 Å². The van der Waals surface area contributed by atoms with E-state index in [4.69, 9.17) is 0 Å². The van der Waals surface area contributed by atoms with E-state index in [9.17, 15) is 4.79 Å². The fourth-order valence-electron chi connectivity index (χ4n) is 4.11. The summed E-state index contributed by atoms with van der Waals surface area (Å²) in [6, 6.07) is 16.6. The molecule has 0 aliphatic carbocycles. The van der Waals surface area contributed by atoms with Gasteiger partial charge in [-0.3, -0.25) is 9.48 Å². The van der Waals surface area contributed by atoms with Gasteiger partial charge in [-0.25, -0.2) is 0 Å². The van der Waals surface area contributed by atoms with E-state index in [2.05, 4.69) is 43.2 Å². The summed E-state index contributed by atoms with van der Waals surface area (Å²) in [5.41, 5.74) is 6.71. The standard InChI is InChI=1S/C24H27N3O/c1-17-6-4-7-21(14-17)22-8-5-13-27(16-22)24(28)20-11-9-19(10-12-20)23-15-25-26(3)18(23)2/h4,6-7,9-12,14-15,22H,5,8,13,16H2,1-3H3. The molecular formula is C24H27N3O. The van der Waals surface area contributed by atoms with Gasteiger partial charge in [-0.15, -0.1) is 0 Å². The summed E-state index contributed by atoms with van der Waals surface area (Å²) >= 11 is 0. The first-order valence-electron chi connectivity index (χ1n) is 9.98. The number of amides is 1. The van der Waals surface area contributed by atoms with Crippen molar-refractivity contribution < 1.29 is 4.79 Å². The molecule has 1 fully saturated rings. The van der Waals surface area contributed by atoms with Gasteiger partial charge in [0.1, 0.15) is 0 Å². The molecule has 1 aromatic heterocycles. The summed E-state index contributed by atoms with van der Waals surface area (Å²) in [6.45, 7) is 5.82. The van der Waals surface area contributed by atoms with Crippen LogP contribution in [0.5, 0.6) is 0 Å². The van der Waals surface area contributed by atoms with E-state index in [1.54, 1.807) is 0 Å². The summed E-state index contributed by atoms with van der Waals surface area (Å²) in [5, 5.41) is 4.31. The van der Waals surface area contributed by atoms with Crippen LogP contribution >= 0.6 is 0 Å². The zero-order chi connectivity index (χ0) is 19.7. The van der Waals surface area contributed by atoms with E-state index in [0.717, 1.165) is 48.3 Å². The van der Waals surface area contributed by atoms with Crippen LogP contribution in [-0.4, -0.2) is 33.7 Å². The number of hydrogen-bond acceptors (Lipinski definition) is 2. The zero-order valence-electron chi connectivity index (χ0n) is 16.9. The summed E-state index contributed by atoms with van der Waals surface area (Å²) in [5.74, 6) is 0.557. The molecular weight excluding hydrogens is 346 g/mol. The molecule has 1 saturated heterocycles. The van der Waals surface area contributed by atoms with Crippen molar-refractivity contribution in [2.24, 2.45) is 7.05 Å². The van der Waals surface area contributed by atoms with Gasteiger partial charge in [0, 0.05) is 42.9 Å². The van der Waals surface area contributed by atoms with E-state index in [-0.39, 0.29) is 5.91 Å². The lowest BCUT2D eigenvalue weighted by Gasteiger charge is -2.33. The van der Waals surface area contributed by atoms with Crippen molar-refractivity contribution in [1.82, 2.24) is 14.7 Å². The van der Waals surface area contributed by atoms with Crippen molar-refractivity contribution in [2.45, 2.75) is 32.6 Å². The Morgan fingerprint density at radius 1 is 1.11 bits per heavy atom. The fourth-order valence-corrected chi connectivity index (χ4v) is 4.11. The predicted molar refractivity (Wildman–Crippen MR) is 112 cm³/mol. The van der Waals surface area contributed by atoms with Crippen LogP contribution in [0.2, 0.25) is 0 Å². The quantitative estimate of drug-likeness (QED) is 0.666. The smallest absolute Gasteiger partial charge is 0.253 e. The Kier molecular flexibility index (Phi) is 5.03. The Morgan fingerprint density at radius 3 is 2.57 bits per heavy atom. The van der Waals surface area contributed by atoms with E-state index in [0.29, 0.717) is 5.92 Å². The van der Waals surface area contributed by atoms with Crippen LogP contribution in [0.1, 0.15) is 45.9 Å². The second-order valence-electron chi connectivity index (χ2n) is 7.85. The second kappa shape index (κ2) is 7.63. The number of likely N-dealkylation sites (tertiary alicyclic amines) is 1. The van der Waals surface area contributed by atoms with Crippen molar-refractivity contribution >= 4 is 5.91 Å². The van der Waals surface area contributed by atoms with Crippen molar-refractivity contribution in [3.8, 4) is 11.1 Å². The molecule has 2 aromatic carbocycles. The Bertz CT molecular complexity index is 987. The van der Waals surface area contributed by atoms with E-state index in [1.807, 2.05) is 47.1 Å². The number of aryl methyl sites for hydroxylation is 2. The lowest BCUT2D eigenvalue weighted by atomic mass is 9.89. The monoisotopic (exact) mass is 373 g/mol. The Labute approximate surface area is 166 Å². The first-order valence-corrected chi connectivity index (χ1v) is 9.98. The summed E-state index contributed by atoms with van der Waals surface area (Å²) < 4.78 is 1.87. The molecule has 0 radical (unpaired) electrons. The average molecular weight is 374 g/mol. The molecule has 4 heteroatoms. The van der Waals surface area contributed by atoms with Crippen LogP contribution in [0.15, 0.2) is 54.7 Å². The highest BCUT2D eigenvalue weighted by Gasteiger charge is 2.25. The molecule has 1 atom stereocenters. The molecule has 144 valence electrons. The van der Waals surface area contributed by atoms with Crippen LogP contribution in [0.25, 0.3) is 11.1 Å². The normalized spacial score (nSPS) is 17.0. The number of hydrogen-bond donors (Lipinski definition) is 0. The highest BCUT2D eigenvalue weighted by molar-refractivity contribution is 5.94. The number of benzene rings is 2. The molecule has 1 aliphatic rings. The highest BCUT2D eigenvalue weighted by atomic mass is 16.2. The van der Waals surface area contributed by atoms with Gasteiger partial charge in [-0.1, -0.05) is 42.0 Å². The lowest BCUT2D eigenvalue weighted by molar-refractivity contribution is 0.0707. The van der Waals surface area contributed by atoms with Crippen LogP contribution in [0.3, 0.4) is 0 Å². The molecule has 4 nitrogen and oxygen atoms in total. The Morgan fingerprint density at radius 2 is 1.89 bits per heavy atom. The third kappa shape index (κ3) is 3.59. The zero-order valence-corrected chi connectivity index (χ0v) is 16.9. The molecule has 1 amide bonds. The van der Waals surface area contributed by atoms with Crippen molar-refractivity contribution in [3.05, 3.63) is 77.1 Å². The van der Waals surface area contributed by atoms with Gasteiger partial charge >= 0.3 is 0 Å². The minimum absolute atomic E-state index is 0.131. The summed E-state index contributed by atoms with van der Waals surface area (Å²) in [4.78, 5) is 15.1.